The van der Waals surface area contributed by atoms with Gasteiger partial charge in [0.15, 0.2) is 0 Å². The molecule has 0 unspecified atom stereocenters. The zero-order valence-electron chi connectivity index (χ0n) is 9.03. The molecule has 0 bridgehead atoms. The second-order valence-corrected chi connectivity index (χ2v) is 4.16. The summed E-state index contributed by atoms with van der Waals surface area (Å²) in [4.78, 5) is 11.1. The molecule has 0 spiro atoms. The monoisotopic (exact) mass is 204 g/mol. The maximum absolute atomic E-state index is 11.1. The number of cyclic esters (lactones) is 1. The Kier molecular flexibility index (Phi) is 3.05. The van der Waals surface area contributed by atoms with Crippen LogP contribution in [0.25, 0.3) is 0 Å². The highest BCUT2D eigenvalue weighted by Gasteiger charge is 2.18. The number of esters is 1. The van der Waals surface area contributed by atoms with E-state index in [9.17, 15) is 4.79 Å². The van der Waals surface area contributed by atoms with Crippen LogP contribution >= 0.6 is 0 Å². The van der Waals surface area contributed by atoms with E-state index >= 15 is 0 Å². The first-order valence-corrected chi connectivity index (χ1v) is 5.48. The summed E-state index contributed by atoms with van der Waals surface area (Å²) in [5.74, 6) is 0.432. The molecule has 0 aromatic heterocycles. The molecule has 0 N–H and O–H groups in total. The van der Waals surface area contributed by atoms with Gasteiger partial charge in [-0.05, 0) is 31.2 Å². The van der Waals surface area contributed by atoms with Crippen molar-refractivity contribution < 1.29 is 9.53 Å². The minimum Gasteiger partial charge on any atom is -0.466 e. The van der Waals surface area contributed by atoms with Gasteiger partial charge in [-0.1, -0.05) is 29.8 Å². The molecule has 1 aromatic rings. The Morgan fingerprint density at radius 3 is 2.67 bits per heavy atom. The van der Waals surface area contributed by atoms with E-state index in [-0.39, 0.29) is 5.97 Å². The summed E-state index contributed by atoms with van der Waals surface area (Å²) >= 11 is 0. The van der Waals surface area contributed by atoms with E-state index in [0.717, 1.165) is 12.8 Å². The first-order valence-electron chi connectivity index (χ1n) is 5.48. The van der Waals surface area contributed by atoms with E-state index < -0.39 is 0 Å². The van der Waals surface area contributed by atoms with Crippen molar-refractivity contribution in [3.8, 4) is 0 Å². The number of hydrogen-bond donors (Lipinski definition) is 0. The third-order valence-corrected chi connectivity index (χ3v) is 2.98. The van der Waals surface area contributed by atoms with Crippen LogP contribution in [0, 0.1) is 6.92 Å². The predicted molar refractivity (Wildman–Crippen MR) is 58.7 cm³/mol. The molecule has 15 heavy (non-hydrogen) atoms. The first kappa shape index (κ1) is 10.2. The van der Waals surface area contributed by atoms with Crippen LogP contribution in [0.5, 0.6) is 0 Å². The molecule has 1 aromatic carbocycles. The molecule has 0 saturated carbocycles. The van der Waals surface area contributed by atoms with E-state index in [4.69, 9.17) is 4.74 Å². The number of hydrogen-bond acceptors (Lipinski definition) is 2. The zero-order chi connectivity index (χ0) is 10.7. The number of benzene rings is 1. The lowest BCUT2D eigenvalue weighted by Gasteiger charge is -2.12. The molecule has 1 aliphatic heterocycles. The fourth-order valence-electron chi connectivity index (χ4n) is 2.00. The molecule has 0 radical (unpaired) electrons. The van der Waals surface area contributed by atoms with Crippen LogP contribution in [0.4, 0.5) is 0 Å². The van der Waals surface area contributed by atoms with Crippen LogP contribution in [0.2, 0.25) is 0 Å². The summed E-state index contributed by atoms with van der Waals surface area (Å²) in [6.07, 6.45) is 2.43. The van der Waals surface area contributed by atoms with Gasteiger partial charge in [-0.3, -0.25) is 4.79 Å². The minimum atomic E-state index is -0.0513. The molecule has 1 fully saturated rings. The standard InChI is InChI=1S/C13H16O2/c1-10-2-4-11(5-3-10)12-6-7-13(14)15-9-8-12/h2-5,12H,6-9H2,1H3/t12-/m1/s1. The van der Waals surface area contributed by atoms with Gasteiger partial charge in [0.2, 0.25) is 0 Å². The summed E-state index contributed by atoms with van der Waals surface area (Å²) in [5.41, 5.74) is 2.61. The van der Waals surface area contributed by atoms with Crippen LogP contribution in [-0.4, -0.2) is 12.6 Å². The molecular formula is C13H16O2. The van der Waals surface area contributed by atoms with Crippen molar-refractivity contribution in [1.82, 2.24) is 0 Å². The van der Waals surface area contributed by atoms with E-state index in [2.05, 4.69) is 31.2 Å². The second kappa shape index (κ2) is 4.47. The topological polar surface area (TPSA) is 26.3 Å². The van der Waals surface area contributed by atoms with Crippen molar-refractivity contribution in [3.05, 3.63) is 35.4 Å². The maximum Gasteiger partial charge on any atom is 0.305 e. The molecule has 2 rings (SSSR count). The van der Waals surface area contributed by atoms with Gasteiger partial charge in [0.25, 0.3) is 0 Å². The summed E-state index contributed by atoms with van der Waals surface area (Å²) in [5, 5.41) is 0. The Labute approximate surface area is 90.3 Å². The van der Waals surface area contributed by atoms with Crippen LogP contribution < -0.4 is 0 Å². The van der Waals surface area contributed by atoms with E-state index in [1.807, 2.05) is 0 Å². The lowest BCUT2D eigenvalue weighted by molar-refractivity contribution is -0.142. The molecular weight excluding hydrogens is 188 g/mol. The third-order valence-electron chi connectivity index (χ3n) is 2.98. The zero-order valence-corrected chi connectivity index (χ0v) is 9.03. The van der Waals surface area contributed by atoms with Gasteiger partial charge < -0.3 is 4.74 Å². The van der Waals surface area contributed by atoms with Gasteiger partial charge in [0.1, 0.15) is 0 Å². The number of aryl methyl sites for hydroxylation is 1. The van der Waals surface area contributed by atoms with Crippen molar-refractivity contribution in [2.24, 2.45) is 0 Å². The Hall–Kier alpha value is -1.31. The predicted octanol–water partition coefficient (Wildman–Crippen LogP) is 2.81. The number of rotatable bonds is 1. The molecule has 1 atom stereocenters. The van der Waals surface area contributed by atoms with E-state index in [1.165, 1.54) is 11.1 Å². The van der Waals surface area contributed by atoms with Gasteiger partial charge in [-0.15, -0.1) is 0 Å². The SMILES string of the molecule is Cc1ccc([C@H]2CCOC(=O)CC2)cc1. The lowest BCUT2D eigenvalue weighted by atomic mass is 9.91. The van der Waals surface area contributed by atoms with Gasteiger partial charge >= 0.3 is 5.97 Å². The lowest BCUT2D eigenvalue weighted by Crippen LogP contribution is -2.00. The maximum atomic E-state index is 11.1. The van der Waals surface area contributed by atoms with Crippen LogP contribution in [-0.2, 0) is 9.53 Å². The summed E-state index contributed by atoms with van der Waals surface area (Å²) in [6.45, 7) is 2.65. The van der Waals surface area contributed by atoms with Crippen LogP contribution in [0.3, 0.4) is 0 Å². The normalized spacial score (nSPS) is 21.9. The highest BCUT2D eigenvalue weighted by molar-refractivity contribution is 5.69. The molecule has 0 amide bonds. The Morgan fingerprint density at radius 1 is 1.20 bits per heavy atom. The summed E-state index contributed by atoms with van der Waals surface area (Å²) < 4.78 is 5.04. The fourth-order valence-corrected chi connectivity index (χ4v) is 2.00. The molecule has 2 heteroatoms. The number of ether oxygens (including phenoxy) is 1. The van der Waals surface area contributed by atoms with Gasteiger partial charge in [0, 0.05) is 6.42 Å². The largest absolute Gasteiger partial charge is 0.466 e. The Morgan fingerprint density at radius 2 is 1.93 bits per heavy atom. The fraction of sp³-hybridized carbons (Fsp3) is 0.462. The quantitative estimate of drug-likeness (QED) is 0.657. The molecule has 1 heterocycles. The second-order valence-electron chi connectivity index (χ2n) is 4.16. The van der Waals surface area contributed by atoms with E-state index in [0.29, 0.717) is 18.9 Å². The van der Waals surface area contributed by atoms with Crippen molar-refractivity contribution in [2.75, 3.05) is 6.61 Å². The van der Waals surface area contributed by atoms with Crippen molar-refractivity contribution in [3.63, 3.8) is 0 Å². The van der Waals surface area contributed by atoms with Crippen molar-refractivity contribution >= 4 is 5.97 Å². The summed E-state index contributed by atoms with van der Waals surface area (Å²) in [6, 6.07) is 8.58. The minimum absolute atomic E-state index is 0.0513. The highest BCUT2D eigenvalue weighted by atomic mass is 16.5. The third kappa shape index (κ3) is 2.58. The number of carbonyl (C=O) groups excluding carboxylic acids is 1. The van der Waals surface area contributed by atoms with Gasteiger partial charge in [-0.25, -0.2) is 0 Å². The first-order chi connectivity index (χ1) is 7.25. The number of carbonyl (C=O) groups is 1. The average Bonchev–Trinajstić information content (AvgIpc) is 2.44. The highest BCUT2D eigenvalue weighted by Crippen LogP contribution is 2.27. The Balaban J connectivity index is 2.09. The average molecular weight is 204 g/mol. The molecule has 1 aliphatic rings. The van der Waals surface area contributed by atoms with Gasteiger partial charge in [0.05, 0.1) is 6.61 Å². The van der Waals surface area contributed by atoms with Gasteiger partial charge in [-0.2, -0.15) is 0 Å². The van der Waals surface area contributed by atoms with Crippen molar-refractivity contribution in [2.45, 2.75) is 32.1 Å². The van der Waals surface area contributed by atoms with Crippen molar-refractivity contribution in [1.29, 1.82) is 0 Å². The summed E-state index contributed by atoms with van der Waals surface area (Å²) in [7, 11) is 0. The van der Waals surface area contributed by atoms with Crippen LogP contribution in [0.1, 0.15) is 36.3 Å². The molecule has 0 aliphatic carbocycles. The molecule has 2 nitrogen and oxygen atoms in total. The smallest absolute Gasteiger partial charge is 0.305 e. The van der Waals surface area contributed by atoms with E-state index in [1.54, 1.807) is 0 Å². The van der Waals surface area contributed by atoms with Crippen LogP contribution in [0.15, 0.2) is 24.3 Å². The Bertz CT molecular complexity index is 340. The molecule has 80 valence electrons. The molecule has 1 saturated heterocycles.